The third-order valence-corrected chi connectivity index (χ3v) is 2.69. The van der Waals surface area contributed by atoms with E-state index in [0.717, 1.165) is 13.0 Å². The van der Waals surface area contributed by atoms with Crippen LogP contribution in [0.25, 0.3) is 0 Å². The van der Waals surface area contributed by atoms with E-state index >= 15 is 0 Å². The van der Waals surface area contributed by atoms with Crippen molar-refractivity contribution in [2.45, 2.75) is 45.6 Å². The Morgan fingerprint density at radius 2 is 2.23 bits per heavy atom. The summed E-state index contributed by atoms with van der Waals surface area (Å²) in [6.07, 6.45) is 7.09. The molecule has 74 valence electrons. The van der Waals surface area contributed by atoms with E-state index in [0.29, 0.717) is 0 Å². The molecule has 2 heteroatoms. The lowest BCUT2D eigenvalue weighted by atomic mass is 9.95. The van der Waals surface area contributed by atoms with Crippen molar-refractivity contribution in [2.24, 2.45) is 0 Å². The summed E-state index contributed by atoms with van der Waals surface area (Å²) in [6, 6.07) is 0. The molecule has 0 atom stereocenters. The van der Waals surface area contributed by atoms with Crippen LogP contribution in [0.2, 0.25) is 0 Å². The molecule has 0 radical (unpaired) electrons. The molecule has 1 amide bonds. The molecule has 0 N–H and O–H groups in total. The van der Waals surface area contributed by atoms with Crippen molar-refractivity contribution in [1.82, 2.24) is 4.90 Å². The number of carbonyl (C=O) groups excluding carboxylic acids is 1. The van der Waals surface area contributed by atoms with Crippen molar-refractivity contribution >= 4 is 5.91 Å². The molecular formula is C11H19NO. The second-order valence-corrected chi connectivity index (χ2v) is 4.27. The van der Waals surface area contributed by atoms with Gasteiger partial charge in [-0.2, -0.15) is 0 Å². The third kappa shape index (κ3) is 2.33. The van der Waals surface area contributed by atoms with Crippen LogP contribution in [0, 0.1) is 0 Å². The van der Waals surface area contributed by atoms with E-state index in [1.54, 1.807) is 6.08 Å². The molecular weight excluding hydrogens is 162 g/mol. The molecule has 0 saturated carbocycles. The number of carbonyl (C=O) groups is 1. The van der Waals surface area contributed by atoms with Crippen molar-refractivity contribution in [1.29, 1.82) is 0 Å². The third-order valence-electron chi connectivity index (χ3n) is 2.69. The second kappa shape index (κ2) is 3.95. The van der Waals surface area contributed by atoms with Gasteiger partial charge in [0, 0.05) is 18.2 Å². The highest BCUT2D eigenvalue weighted by atomic mass is 16.2. The predicted octanol–water partition coefficient (Wildman–Crippen LogP) is 2.35. The first-order valence-corrected chi connectivity index (χ1v) is 5.06. The molecule has 0 fully saturated rings. The summed E-state index contributed by atoms with van der Waals surface area (Å²) >= 11 is 0. The standard InChI is InChI=1S/C11H19NO/c1-4-5-8-11(2,3)12-9-6-7-10(12)13/h6-7H,4-5,8-9H2,1-3H3. The molecule has 0 unspecified atom stereocenters. The highest BCUT2D eigenvalue weighted by molar-refractivity contribution is 5.90. The Labute approximate surface area is 80.6 Å². The van der Waals surface area contributed by atoms with Crippen LogP contribution >= 0.6 is 0 Å². The number of amides is 1. The quantitative estimate of drug-likeness (QED) is 0.652. The molecule has 0 spiro atoms. The molecule has 0 aromatic rings. The van der Waals surface area contributed by atoms with Crippen LogP contribution in [0.4, 0.5) is 0 Å². The van der Waals surface area contributed by atoms with Gasteiger partial charge >= 0.3 is 0 Å². The Bertz CT molecular complexity index is 218. The molecule has 1 aliphatic rings. The molecule has 1 heterocycles. The maximum Gasteiger partial charge on any atom is 0.247 e. The van der Waals surface area contributed by atoms with Crippen LogP contribution in [0.1, 0.15) is 40.0 Å². The van der Waals surface area contributed by atoms with Gasteiger partial charge < -0.3 is 4.90 Å². The average molecular weight is 181 g/mol. The van der Waals surface area contributed by atoms with E-state index < -0.39 is 0 Å². The van der Waals surface area contributed by atoms with E-state index in [9.17, 15) is 4.79 Å². The second-order valence-electron chi connectivity index (χ2n) is 4.27. The van der Waals surface area contributed by atoms with Gasteiger partial charge in [-0.3, -0.25) is 4.79 Å². The summed E-state index contributed by atoms with van der Waals surface area (Å²) in [5.74, 6) is 0.168. The molecule has 0 saturated heterocycles. The van der Waals surface area contributed by atoms with Crippen molar-refractivity contribution in [3.8, 4) is 0 Å². The fraction of sp³-hybridized carbons (Fsp3) is 0.727. The summed E-state index contributed by atoms with van der Waals surface area (Å²) in [5, 5.41) is 0. The van der Waals surface area contributed by atoms with Gasteiger partial charge in [0.25, 0.3) is 0 Å². The van der Waals surface area contributed by atoms with Gasteiger partial charge in [-0.05, 0) is 20.3 Å². The Balaban J connectivity index is 2.53. The van der Waals surface area contributed by atoms with E-state index in [4.69, 9.17) is 0 Å². The lowest BCUT2D eigenvalue weighted by Crippen LogP contribution is -2.44. The van der Waals surface area contributed by atoms with Crippen LogP contribution in [0.5, 0.6) is 0 Å². The molecule has 0 aromatic carbocycles. The van der Waals surface area contributed by atoms with Crippen LogP contribution in [-0.2, 0) is 4.79 Å². The van der Waals surface area contributed by atoms with Gasteiger partial charge in [0.1, 0.15) is 0 Å². The van der Waals surface area contributed by atoms with Gasteiger partial charge in [0.05, 0.1) is 0 Å². The Hall–Kier alpha value is -0.790. The summed E-state index contributed by atoms with van der Waals surface area (Å²) in [6.45, 7) is 7.26. The topological polar surface area (TPSA) is 20.3 Å². The van der Waals surface area contributed by atoms with Crippen molar-refractivity contribution < 1.29 is 4.79 Å². The summed E-state index contributed by atoms with van der Waals surface area (Å²) < 4.78 is 0. The lowest BCUT2D eigenvalue weighted by molar-refractivity contribution is -0.129. The number of rotatable bonds is 4. The monoisotopic (exact) mass is 181 g/mol. The highest BCUT2D eigenvalue weighted by Crippen LogP contribution is 2.23. The first-order chi connectivity index (χ1) is 6.08. The van der Waals surface area contributed by atoms with Gasteiger partial charge in [-0.25, -0.2) is 0 Å². The smallest absolute Gasteiger partial charge is 0.247 e. The van der Waals surface area contributed by atoms with Gasteiger partial charge in [0.15, 0.2) is 0 Å². The first kappa shape index (κ1) is 10.3. The molecule has 0 aliphatic carbocycles. The molecule has 13 heavy (non-hydrogen) atoms. The van der Waals surface area contributed by atoms with Gasteiger partial charge in [0.2, 0.25) is 5.91 Å². The van der Waals surface area contributed by atoms with Crippen LogP contribution in [0.15, 0.2) is 12.2 Å². The average Bonchev–Trinajstić information content (AvgIpc) is 2.48. The molecule has 2 nitrogen and oxygen atoms in total. The number of hydrogen-bond acceptors (Lipinski definition) is 1. The summed E-state index contributed by atoms with van der Waals surface area (Å²) in [5.41, 5.74) is 0.0244. The normalized spacial score (nSPS) is 17.2. The van der Waals surface area contributed by atoms with E-state index in [1.165, 1.54) is 12.8 Å². The zero-order valence-corrected chi connectivity index (χ0v) is 8.84. The molecule has 1 rings (SSSR count). The van der Waals surface area contributed by atoms with Gasteiger partial charge in [-0.15, -0.1) is 0 Å². The Morgan fingerprint density at radius 3 is 2.69 bits per heavy atom. The minimum Gasteiger partial charge on any atom is -0.330 e. The minimum atomic E-state index is 0.0244. The molecule has 1 aliphatic heterocycles. The van der Waals surface area contributed by atoms with Crippen molar-refractivity contribution in [3.05, 3.63) is 12.2 Å². The largest absolute Gasteiger partial charge is 0.330 e. The Morgan fingerprint density at radius 1 is 1.54 bits per heavy atom. The van der Waals surface area contributed by atoms with E-state index in [2.05, 4.69) is 20.8 Å². The zero-order valence-electron chi connectivity index (χ0n) is 8.84. The molecule has 0 aromatic heterocycles. The van der Waals surface area contributed by atoms with E-state index in [-0.39, 0.29) is 11.4 Å². The maximum absolute atomic E-state index is 11.4. The van der Waals surface area contributed by atoms with Crippen molar-refractivity contribution in [2.75, 3.05) is 6.54 Å². The minimum absolute atomic E-state index is 0.0244. The zero-order chi connectivity index (χ0) is 9.90. The number of hydrogen-bond donors (Lipinski definition) is 0. The van der Waals surface area contributed by atoms with E-state index in [1.807, 2.05) is 11.0 Å². The SMILES string of the molecule is CCCCC(C)(C)N1CC=CC1=O. The summed E-state index contributed by atoms with van der Waals surface area (Å²) in [4.78, 5) is 13.4. The van der Waals surface area contributed by atoms with Crippen LogP contribution < -0.4 is 0 Å². The molecule has 0 bridgehead atoms. The fourth-order valence-electron chi connectivity index (χ4n) is 1.73. The lowest BCUT2D eigenvalue weighted by Gasteiger charge is -2.35. The maximum atomic E-state index is 11.4. The predicted molar refractivity (Wildman–Crippen MR) is 54.5 cm³/mol. The van der Waals surface area contributed by atoms with Gasteiger partial charge in [-0.1, -0.05) is 25.8 Å². The van der Waals surface area contributed by atoms with Crippen LogP contribution in [-0.4, -0.2) is 22.9 Å². The Kier molecular flexibility index (Phi) is 3.12. The number of nitrogens with zero attached hydrogens (tertiary/aromatic N) is 1. The first-order valence-electron chi connectivity index (χ1n) is 5.06. The highest BCUT2D eigenvalue weighted by Gasteiger charge is 2.30. The van der Waals surface area contributed by atoms with Crippen LogP contribution in [0.3, 0.4) is 0 Å². The number of unbranched alkanes of at least 4 members (excludes halogenated alkanes) is 1. The summed E-state index contributed by atoms with van der Waals surface area (Å²) in [7, 11) is 0. The fourth-order valence-corrected chi connectivity index (χ4v) is 1.73. The van der Waals surface area contributed by atoms with Crippen molar-refractivity contribution in [3.63, 3.8) is 0 Å².